The molecule has 0 spiro atoms. The summed E-state index contributed by atoms with van der Waals surface area (Å²) in [6, 6.07) is 1.74. The van der Waals surface area contributed by atoms with Crippen molar-refractivity contribution < 1.29 is 4.79 Å². The topological polar surface area (TPSA) is 102 Å². The van der Waals surface area contributed by atoms with E-state index in [0.717, 1.165) is 54.1 Å². The van der Waals surface area contributed by atoms with E-state index in [9.17, 15) is 4.79 Å². The van der Waals surface area contributed by atoms with E-state index in [-0.39, 0.29) is 11.8 Å². The number of benzene rings is 1. The van der Waals surface area contributed by atoms with Crippen molar-refractivity contribution in [1.29, 1.82) is 5.41 Å². The monoisotopic (exact) mass is 440 g/mol. The molecule has 7 nitrogen and oxygen atoms in total. The van der Waals surface area contributed by atoms with Crippen LogP contribution < -0.4 is 10.6 Å². The summed E-state index contributed by atoms with van der Waals surface area (Å²) in [6.07, 6.45) is 4.42. The Morgan fingerprint density at radius 3 is 2.71 bits per heavy atom. The number of rotatable bonds is 4. The van der Waals surface area contributed by atoms with Crippen molar-refractivity contribution in [2.75, 3.05) is 36.8 Å². The lowest BCUT2D eigenvalue weighted by molar-refractivity contribution is -0.126. The Labute approximate surface area is 187 Å². The highest BCUT2D eigenvalue weighted by Gasteiger charge is 2.34. The molecule has 1 fully saturated rings. The highest BCUT2D eigenvalue weighted by Crippen LogP contribution is 2.43. The van der Waals surface area contributed by atoms with Crippen LogP contribution in [0.3, 0.4) is 0 Å². The largest absolute Gasteiger partial charge is 0.398 e. The van der Waals surface area contributed by atoms with Gasteiger partial charge in [0.05, 0.1) is 0 Å². The Balaban J connectivity index is 1.60. The van der Waals surface area contributed by atoms with Crippen molar-refractivity contribution in [3.05, 3.63) is 51.7 Å². The normalized spacial score (nSPS) is 21.0. The fraction of sp³-hybridized carbons (Fsp3) is 0.435. The molecule has 0 unspecified atom stereocenters. The number of hydrogen-bond donors (Lipinski definition) is 3. The summed E-state index contributed by atoms with van der Waals surface area (Å²) in [5, 5.41) is 16.5. The molecule has 1 amide bonds. The molecule has 4 rings (SSSR count). The van der Waals surface area contributed by atoms with E-state index in [0.29, 0.717) is 29.7 Å². The molecule has 4 N–H and O–H groups in total. The van der Waals surface area contributed by atoms with Gasteiger partial charge in [-0.1, -0.05) is 25.1 Å². The first kappa shape index (κ1) is 21.4. The van der Waals surface area contributed by atoms with Crippen LogP contribution in [0.5, 0.6) is 0 Å². The SMILES string of the molecule is C=CC(=O)N1CCN(c2n[nH]c3c2C[C@@H](C)[C@H](c2c(C)c(Cl)cc(N)c2C=N)C3)CC1. The van der Waals surface area contributed by atoms with E-state index in [1.54, 1.807) is 6.07 Å². The lowest BCUT2D eigenvalue weighted by Gasteiger charge is -2.36. The number of aromatic nitrogens is 2. The molecule has 0 saturated carbocycles. The molecular formula is C23H29ClN6O. The minimum atomic E-state index is -0.0154. The molecule has 1 aliphatic heterocycles. The molecule has 2 atom stereocenters. The lowest BCUT2D eigenvalue weighted by Crippen LogP contribution is -2.48. The van der Waals surface area contributed by atoms with Crippen LogP contribution in [0.2, 0.25) is 5.02 Å². The van der Waals surface area contributed by atoms with E-state index in [1.807, 2.05) is 11.8 Å². The molecular weight excluding hydrogens is 412 g/mol. The van der Waals surface area contributed by atoms with E-state index in [1.165, 1.54) is 17.9 Å². The van der Waals surface area contributed by atoms with Crippen LogP contribution in [0, 0.1) is 18.3 Å². The summed E-state index contributed by atoms with van der Waals surface area (Å²) in [5.41, 5.74) is 12.0. The summed E-state index contributed by atoms with van der Waals surface area (Å²) in [4.78, 5) is 16.0. The first-order valence-electron chi connectivity index (χ1n) is 10.7. The van der Waals surface area contributed by atoms with Gasteiger partial charge in [0.1, 0.15) is 0 Å². The Morgan fingerprint density at radius 1 is 1.35 bits per heavy atom. The van der Waals surface area contributed by atoms with Gasteiger partial charge in [0.15, 0.2) is 5.82 Å². The van der Waals surface area contributed by atoms with Crippen molar-refractivity contribution in [1.82, 2.24) is 15.1 Å². The van der Waals surface area contributed by atoms with E-state index in [4.69, 9.17) is 22.7 Å². The van der Waals surface area contributed by atoms with Crippen molar-refractivity contribution in [2.24, 2.45) is 5.92 Å². The predicted octanol–water partition coefficient (Wildman–Crippen LogP) is 3.30. The number of piperazine rings is 1. The van der Waals surface area contributed by atoms with Crippen LogP contribution in [-0.2, 0) is 17.6 Å². The van der Waals surface area contributed by atoms with Gasteiger partial charge in [-0.3, -0.25) is 9.89 Å². The zero-order valence-corrected chi connectivity index (χ0v) is 18.8. The van der Waals surface area contributed by atoms with Crippen LogP contribution >= 0.6 is 11.6 Å². The second-order valence-corrected chi connectivity index (χ2v) is 8.96. The number of halogens is 1. The second kappa shape index (κ2) is 8.38. The van der Waals surface area contributed by atoms with Gasteiger partial charge in [-0.25, -0.2) is 0 Å². The lowest BCUT2D eigenvalue weighted by atomic mass is 9.73. The summed E-state index contributed by atoms with van der Waals surface area (Å²) >= 11 is 6.45. The van der Waals surface area contributed by atoms with Crippen molar-refractivity contribution in [3.8, 4) is 0 Å². The minimum Gasteiger partial charge on any atom is -0.398 e. The number of carbonyl (C=O) groups excluding carboxylic acids is 1. The van der Waals surface area contributed by atoms with E-state index >= 15 is 0 Å². The molecule has 1 aromatic heterocycles. The number of amides is 1. The maximum atomic E-state index is 11.9. The number of hydrogen-bond acceptors (Lipinski definition) is 5. The number of nitrogens with two attached hydrogens (primary N) is 1. The van der Waals surface area contributed by atoms with E-state index in [2.05, 4.69) is 28.6 Å². The van der Waals surface area contributed by atoms with Crippen LogP contribution in [0.1, 0.15) is 40.8 Å². The molecule has 1 aromatic carbocycles. The van der Waals surface area contributed by atoms with Crippen LogP contribution in [0.25, 0.3) is 0 Å². The Hall–Kier alpha value is -2.80. The van der Waals surface area contributed by atoms with Gasteiger partial charge in [0.2, 0.25) is 5.91 Å². The number of fused-ring (bicyclic) bond motifs is 1. The standard InChI is InChI=1S/C23H29ClN6O/c1-4-21(31)29-5-7-30(8-6-29)23-16-9-13(2)15(10-20(16)27-28-23)22-14(3)18(24)11-19(26)17(22)12-25/h4,11-13,15,25H,1,5-10,26H2,2-3H3,(H,27,28)/t13-,15-/m1/s1. The van der Waals surface area contributed by atoms with Gasteiger partial charge in [-0.2, -0.15) is 5.10 Å². The fourth-order valence-electron chi connectivity index (χ4n) is 5.02. The second-order valence-electron chi connectivity index (χ2n) is 8.56. The fourth-order valence-corrected chi connectivity index (χ4v) is 5.24. The average Bonchev–Trinajstić information content (AvgIpc) is 3.17. The summed E-state index contributed by atoms with van der Waals surface area (Å²) in [5.74, 6) is 1.54. The summed E-state index contributed by atoms with van der Waals surface area (Å²) in [6.45, 7) is 10.7. The zero-order chi connectivity index (χ0) is 22.3. The molecule has 8 heteroatoms. The van der Waals surface area contributed by atoms with Crippen LogP contribution in [-0.4, -0.2) is 53.4 Å². The van der Waals surface area contributed by atoms with Gasteiger partial charge in [0, 0.05) is 59.9 Å². The highest BCUT2D eigenvalue weighted by molar-refractivity contribution is 6.32. The zero-order valence-electron chi connectivity index (χ0n) is 18.0. The number of nitrogen functional groups attached to an aromatic ring is 1. The average molecular weight is 441 g/mol. The van der Waals surface area contributed by atoms with E-state index < -0.39 is 0 Å². The molecule has 1 saturated heterocycles. The van der Waals surface area contributed by atoms with Gasteiger partial charge in [-0.15, -0.1) is 0 Å². The number of anilines is 2. The maximum absolute atomic E-state index is 11.9. The Morgan fingerprint density at radius 2 is 2.06 bits per heavy atom. The number of H-pyrrole nitrogens is 1. The third-order valence-corrected chi connectivity index (χ3v) is 7.19. The number of aromatic amines is 1. The highest BCUT2D eigenvalue weighted by atomic mass is 35.5. The number of nitrogens with zero attached hydrogens (tertiary/aromatic N) is 3. The van der Waals surface area contributed by atoms with Crippen molar-refractivity contribution >= 4 is 35.2 Å². The van der Waals surface area contributed by atoms with Crippen molar-refractivity contribution in [2.45, 2.75) is 32.6 Å². The van der Waals surface area contributed by atoms with Gasteiger partial charge in [0.25, 0.3) is 0 Å². The number of carbonyl (C=O) groups is 1. The molecule has 2 aliphatic rings. The van der Waals surface area contributed by atoms with Gasteiger partial charge >= 0.3 is 0 Å². The Kier molecular flexibility index (Phi) is 5.79. The number of nitrogens with one attached hydrogen (secondary N) is 2. The molecule has 0 bridgehead atoms. The molecule has 0 radical (unpaired) electrons. The molecule has 2 aromatic rings. The molecule has 2 heterocycles. The molecule has 31 heavy (non-hydrogen) atoms. The predicted molar refractivity (Wildman–Crippen MR) is 125 cm³/mol. The quantitative estimate of drug-likeness (QED) is 0.385. The first-order chi connectivity index (χ1) is 14.8. The molecule has 1 aliphatic carbocycles. The first-order valence-corrected chi connectivity index (χ1v) is 11.0. The smallest absolute Gasteiger partial charge is 0.246 e. The Bertz CT molecular complexity index is 1040. The molecule has 164 valence electrons. The third-order valence-electron chi connectivity index (χ3n) is 6.79. The van der Waals surface area contributed by atoms with Crippen molar-refractivity contribution in [3.63, 3.8) is 0 Å². The van der Waals surface area contributed by atoms with Gasteiger partial charge < -0.3 is 20.9 Å². The third kappa shape index (κ3) is 3.71. The maximum Gasteiger partial charge on any atom is 0.246 e. The van der Waals surface area contributed by atoms with Crippen LogP contribution in [0.15, 0.2) is 18.7 Å². The minimum absolute atomic E-state index is 0.0154. The summed E-state index contributed by atoms with van der Waals surface area (Å²) < 4.78 is 0. The van der Waals surface area contributed by atoms with Gasteiger partial charge in [-0.05, 0) is 54.9 Å². The van der Waals surface area contributed by atoms with Crippen LogP contribution in [0.4, 0.5) is 11.5 Å². The summed E-state index contributed by atoms with van der Waals surface area (Å²) in [7, 11) is 0.